The summed E-state index contributed by atoms with van der Waals surface area (Å²) in [7, 11) is 0. The van der Waals surface area contributed by atoms with E-state index in [0.717, 1.165) is 3.57 Å². The molecule has 0 bridgehead atoms. The van der Waals surface area contributed by atoms with E-state index in [2.05, 4.69) is 22.6 Å². The molecule has 7 heteroatoms. The molecule has 0 radical (unpaired) electrons. The summed E-state index contributed by atoms with van der Waals surface area (Å²) in [6.07, 6.45) is -5.19. The van der Waals surface area contributed by atoms with Crippen LogP contribution in [0.3, 0.4) is 0 Å². The lowest BCUT2D eigenvalue weighted by molar-refractivity contribution is -0.135. The number of hydrogen-bond acceptors (Lipinski definition) is 2. The highest BCUT2D eigenvalue weighted by Crippen LogP contribution is 2.34. The third-order valence-corrected chi connectivity index (χ3v) is 3.38. The second kappa shape index (κ2) is 5.56. The summed E-state index contributed by atoms with van der Waals surface area (Å²) in [4.78, 5) is 13.1. The standard InChI is InChI=1S/C12H11F3INO2/c13-12(14,15)4-1-5-17-9-3-2-8(16)6-10(9)19-7-11(17)18/h2-3,6H,1,4-5,7H2. The van der Waals surface area contributed by atoms with Crippen molar-refractivity contribution < 1.29 is 22.7 Å². The van der Waals surface area contributed by atoms with Crippen LogP contribution in [0.15, 0.2) is 18.2 Å². The highest BCUT2D eigenvalue weighted by molar-refractivity contribution is 14.1. The van der Waals surface area contributed by atoms with Crippen LogP contribution in [0.25, 0.3) is 0 Å². The number of ether oxygens (including phenoxy) is 1. The van der Waals surface area contributed by atoms with E-state index in [1.807, 2.05) is 0 Å². The highest BCUT2D eigenvalue weighted by atomic mass is 127. The zero-order valence-corrected chi connectivity index (χ0v) is 12.0. The van der Waals surface area contributed by atoms with E-state index < -0.39 is 12.6 Å². The van der Waals surface area contributed by atoms with Gasteiger partial charge in [0.15, 0.2) is 6.61 Å². The first-order chi connectivity index (χ1) is 8.87. The lowest BCUT2D eigenvalue weighted by Crippen LogP contribution is -2.39. The Morgan fingerprint density at radius 1 is 1.37 bits per heavy atom. The quantitative estimate of drug-likeness (QED) is 0.747. The van der Waals surface area contributed by atoms with Gasteiger partial charge in [0.25, 0.3) is 5.91 Å². The van der Waals surface area contributed by atoms with E-state index in [-0.39, 0.29) is 25.5 Å². The summed E-state index contributed by atoms with van der Waals surface area (Å²) < 4.78 is 42.6. The largest absolute Gasteiger partial charge is 0.482 e. The van der Waals surface area contributed by atoms with Crippen molar-refractivity contribution in [2.75, 3.05) is 18.1 Å². The van der Waals surface area contributed by atoms with Crippen molar-refractivity contribution in [3.63, 3.8) is 0 Å². The molecule has 1 heterocycles. The number of alkyl halides is 3. The minimum atomic E-state index is -4.19. The van der Waals surface area contributed by atoms with Crippen molar-refractivity contribution in [2.24, 2.45) is 0 Å². The van der Waals surface area contributed by atoms with Crippen molar-refractivity contribution in [1.29, 1.82) is 0 Å². The molecule has 1 aliphatic rings. The van der Waals surface area contributed by atoms with E-state index in [9.17, 15) is 18.0 Å². The van der Waals surface area contributed by atoms with Crippen LogP contribution < -0.4 is 9.64 Å². The molecule has 19 heavy (non-hydrogen) atoms. The number of hydrogen-bond donors (Lipinski definition) is 0. The Kier molecular flexibility index (Phi) is 4.22. The fourth-order valence-electron chi connectivity index (χ4n) is 1.86. The zero-order chi connectivity index (χ0) is 14.0. The molecule has 2 rings (SSSR count). The van der Waals surface area contributed by atoms with Crippen LogP contribution in [-0.2, 0) is 4.79 Å². The molecule has 0 unspecified atom stereocenters. The van der Waals surface area contributed by atoms with Gasteiger partial charge < -0.3 is 9.64 Å². The molecule has 104 valence electrons. The van der Waals surface area contributed by atoms with Gasteiger partial charge in [-0.2, -0.15) is 13.2 Å². The van der Waals surface area contributed by atoms with Crippen LogP contribution in [0.1, 0.15) is 12.8 Å². The Hall–Kier alpha value is -0.990. The first kappa shape index (κ1) is 14.4. The molecule has 1 aromatic carbocycles. The smallest absolute Gasteiger partial charge is 0.389 e. The normalized spacial score (nSPS) is 15.2. The molecule has 0 spiro atoms. The number of benzene rings is 1. The maximum Gasteiger partial charge on any atom is 0.389 e. The average molecular weight is 385 g/mol. The average Bonchev–Trinajstić information content (AvgIpc) is 2.30. The lowest BCUT2D eigenvalue weighted by atomic mass is 10.2. The number of amides is 1. The Balaban J connectivity index is 2.10. The lowest BCUT2D eigenvalue weighted by Gasteiger charge is -2.29. The van der Waals surface area contributed by atoms with E-state index in [1.165, 1.54) is 4.90 Å². The minimum Gasteiger partial charge on any atom is -0.482 e. The zero-order valence-electron chi connectivity index (χ0n) is 9.84. The monoisotopic (exact) mass is 385 g/mol. The van der Waals surface area contributed by atoms with Gasteiger partial charge >= 0.3 is 6.18 Å². The first-order valence-electron chi connectivity index (χ1n) is 5.66. The molecule has 3 nitrogen and oxygen atoms in total. The number of carbonyl (C=O) groups is 1. The van der Waals surface area contributed by atoms with Gasteiger partial charge in [-0.15, -0.1) is 0 Å². The van der Waals surface area contributed by atoms with Crippen LogP contribution in [0.5, 0.6) is 5.75 Å². The number of halogens is 4. The number of carbonyl (C=O) groups excluding carboxylic acids is 1. The molecule has 0 aromatic heterocycles. The van der Waals surface area contributed by atoms with Crippen LogP contribution >= 0.6 is 22.6 Å². The molecule has 1 aromatic rings. The van der Waals surface area contributed by atoms with Gasteiger partial charge in [-0.05, 0) is 47.2 Å². The van der Waals surface area contributed by atoms with Crippen molar-refractivity contribution in [3.8, 4) is 5.75 Å². The third-order valence-electron chi connectivity index (χ3n) is 2.71. The first-order valence-corrected chi connectivity index (χ1v) is 6.74. The Labute approximate surface area is 121 Å². The molecule has 1 aliphatic heterocycles. The van der Waals surface area contributed by atoms with Crippen LogP contribution in [0, 0.1) is 3.57 Å². The van der Waals surface area contributed by atoms with Gasteiger partial charge in [-0.3, -0.25) is 4.79 Å². The highest BCUT2D eigenvalue weighted by Gasteiger charge is 2.29. The summed E-state index contributed by atoms with van der Waals surface area (Å²) in [5.74, 6) is 0.231. The molecular formula is C12H11F3INO2. The Morgan fingerprint density at radius 3 is 2.79 bits per heavy atom. The third kappa shape index (κ3) is 3.74. The number of rotatable bonds is 3. The van der Waals surface area contributed by atoms with E-state index in [0.29, 0.717) is 11.4 Å². The van der Waals surface area contributed by atoms with Crippen molar-refractivity contribution >= 4 is 34.2 Å². The van der Waals surface area contributed by atoms with Crippen LogP contribution in [-0.4, -0.2) is 25.2 Å². The number of fused-ring (bicyclic) bond motifs is 1. The second-order valence-electron chi connectivity index (χ2n) is 4.16. The molecular weight excluding hydrogens is 374 g/mol. The van der Waals surface area contributed by atoms with E-state index in [4.69, 9.17) is 4.74 Å². The molecule has 0 N–H and O–H groups in total. The van der Waals surface area contributed by atoms with E-state index in [1.54, 1.807) is 18.2 Å². The van der Waals surface area contributed by atoms with Crippen molar-refractivity contribution in [2.45, 2.75) is 19.0 Å². The maximum absolute atomic E-state index is 12.1. The fourth-order valence-corrected chi connectivity index (χ4v) is 2.32. The van der Waals surface area contributed by atoms with Crippen LogP contribution in [0.4, 0.5) is 18.9 Å². The summed E-state index contributed by atoms with van der Waals surface area (Å²) in [5, 5.41) is 0. The SMILES string of the molecule is O=C1COc2cc(I)ccc2N1CCCC(F)(F)F. The molecule has 0 atom stereocenters. The van der Waals surface area contributed by atoms with Gasteiger partial charge in [-0.1, -0.05) is 0 Å². The van der Waals surface area contributed by atoms with Crippen molar-refractivity contribution in [1.82, 2.24) is 0 Å². The topological polar surface area (TPSA) is 29.5 Å². The van der Waals surface area contributed by atoms with Gasteiger partial charge in [0, 0.05) is 16.5 Å². The molecule has 0 saturated carbocycles. The van der Waals surface area contributed by atoms with Gasteiger partial charge in [0.1, 0.15) is 5.75 Å². The summed E-state index contributed by atoms with van der Waals surface area (Å²) in [6.45, 7) is -0.0750. The number of nitrogens with zero attached hydrogens (tertiary/aromatic N) is 1. The Morgan fingerprint density at radius 2 is 2.11 bits per heavy atom. The summed E-state index contributed by atoms with van der Waals surface area (Å²) in [6, 6.07) is 5.25. The summed E-state index contributed by atoms with van der Waals surface area (Å²) >= 11 is 2.11. The van der Waals surface area contributed by atoms with Gasteiger partial charge in [0.05, 0.1) is 5.69 Å². The fraction of sp³-hybridized carbons (Fsp3) is 0.417. The maximum atomic E-state index is 12.1. The number of anilines is 1. The van der Waals surface area contributed by atoms with Crippen LogP contribution in [0.2, 0.25) is 0 Å². The van der Waals surface area contributed by atoms with Gasteiger partial charge in [-0.25, -0.2) is 0 Å². The molecule has 0 aliphatic carbocycles. The Bertz CT molecular complexity index is 490. The second-order valence-corrected chi connectivity index (χ2v) is 5.41. The van der Waals surface area contributed by atoms with Gasteiger partial charge in [0.2, 0.25) is 0 Å². The van der Waals surface area contributed by atoms with Crippen molar-refractivity contribution in [3.05, 3.63) is 21.8 Å². The molecule has 0 saturated heterocycles. The molecule has 1 amide bonds. The molecule has 0 fully saturated rings. The summed E-state index contributed by atoms with van der Waals surface area (Å²) in [5.41, 5.74) is 0.541. The predicted molar refractivity (Wildman–Crippen MR) is 72.3 cm³/mol. The minimum absolute atomic E-state index is 0.0509. The predicted octanol–water partition coefficient (Wildman–Crippen LogP) is 3.36. The van der Waals surface area contributed by atoms with E-state index >= 15 is 0 Å².